The van der Waals surface area contributed by atoms with Crippen LogP contribution in [0, 0.1) is 5.82 Å². The van der Waals surface area contributed by atoms with Crippen LogP contribution in [0.15, 0.2) is 46.9 Å². The third kappa shape index (κ3) is 3.90. The van der Waals surface area contributed by atoms with Gasteiger partial charge in [-0.1, -0.05) is 34.1 Å². The summed E-state index contributed by atoms with van der Waals surface area (Å²) in [4.78, 5) is 4.41. The number of aliphatic hydroxyl groups excluding tert-OH is 2. The van der Waals surface area contributed by atoms with E-state index in [0.717, 1.165) is 60.2 Å². The highest BCUT2D eigenvalue weighted by Crippen LogP contribution is 2.42. The molecule has 2 aromatic rings. The van der Waals surface area contributed by atoms with Crippen molar-refractivity contribution in [2.24, 2.45) is 0 Å². The smallest absolute Gasteiger partial charge is 0.157 e. The van der Waals surface area contributed by atoms with E-state index in [1.165, 1.54) is 12.1 Å². The van der Waals surface area contributed by atoms with Crippen LogP contribution in [0.5, 0.6) is 0 Å². The standard InChI is InChI=1S/C21H24BrFN2O2/c22-15-3-6-18-19(13-15)25(21(27)20(18)26)17-8-11-24(12-9-17)10-7-14-1-4-16(23)5-2-14/h1-6,13,17,20-21,26-27H,7-12H2. The van der Waals surface area contributed by atoms with E-state index in [-0.39, 0.29) is 11.9 Å². The van der Waals surface area contributed by atoms with E-state index < -0.39 is 12.3 Å². The molecule has 4 nitrogen and oxygen atoms in total. The quantitative estimate of drug-likeness (QED) is 0.773. The number of nitrogens with zero attached hydrogens (tertiary/aromatic N) is 2. The average molecular weight is 435 g/mol. The maximum atomic E-state index is 13.0. The number of benzene rings is 2. The van der Waals surface area contributed by atoms with E-state index in [9.17, 15) is 14.6 Å². The minimum Gasteiger partial charge on any atom is -0.384 e. The van der Waals surface area contributed by atoms with Crippen LogP contribution in [-0.4, -0.2) is 47.0 Å². The Kier molecular flexibility index (Phi) is 5.50. The lowest BCUT2D eigenvalue weighted by Crippen LogP contribution is -2.48. The minimum atomic E-state index is -0.884. The predicted molar refractivity (Wildman–Crippen MR) is 107 cm³/mol. The van der Waals surface area contributed by atoms with Gasteiger partial charge >= 0.3 is 0 Å². The first kappa shape index (κ1) is 18.9. The highest BCUT2D eigenvalue weighted by molar-refractivity contribution is 9.10. The Labute approximate surface area is 167 Å². The number of hydrogen-bond acceptors (Lipinski definition) is 4. The molecular formula is C21H24BrFN2O2. The Morgan fingerprint density at radius 1 is 1.04 bits per heavy atom. The van der Waals surface area contributed by atoms with Crippen LogP contribution in [0.2, 0.25) is 0 Å². The first-order valence-electron chi connectivity index (χ1n) is 9.43. The zero-order chi connectivity index (χ0) is 19.0. The van der Waals surface area contributed by atoms with Crippen molar-refractivity contribution < 1.29 is 14.6 Å². The lowest BCUT2D eigenvalue weighted by atomic mass is 10.0. The highest BCUT2D eigenvalue weighted by Gasteiger charge is 2.40. The molecule has 27 heavy (non-hydrogen) atoms. The summed E-state index contributed by atoms with van der Waals surface area (Å²) in [5.74, 6) is -0.196. The van der Waals surface area contributed by atoms with E-state index in [4.69, 9.17) is 0 Å². The molecule has 0 amide bonds. The Morgan fingerprint density at radius 2 is 1.74 bits per heavy atom. The lowest BCUT2D eigenvalue weighted by Gasteiger charge is -2.39. The normalized spacial score (nSPS) is 23.6. The number of hydrogen-bond donors (Lipinski definition) is 2. The fourth-order valence-electron chi connectivity index (χ4n) is 4.22. The van der Waals surface area contributed by atoms with Gasteiger partial charge in [0.2, 0.25) is 0 Å². The first-order valence-corrected chi connectivity index (χ1v) is 10.2. The third-order valence-corrected chi connectivity index (χ3v) is 6.23. The number of halogens is 2. The van der Waals surface area contributed by atoms with Gasteiger partial charge in [0.25, 0.3) is 0 Å². The molecule has 144 valence electrons. The molecule has 0 spiro atoms. The number of aliphatic hydroxyl groups is 2. The Morgan fingerprint density at radius 3 is 2.44 bits per heavy atom. The van der Waals surface area contributed by atoms with E-state index in [0.29, 0.717) is 0 Å². The average Bonchev–Trinajstić information content (AvgIpc) is 2.92. The van der Waals surface area contributed by atoms with Gasteiger partial charge in [0.05, 0.1) is 0 Å². The van der Waals surface area contributed by atoms with Gasteiger partial charge in [-0.25, -0.2) is 4.39 Å². The second-order valence-electron chi connectivity index (χ2n) is 7.42. The Balaban J connectivity index is 1.37. The summed E-state index contributed by atoms with van der Waals surface area (Å²) in [6.45, 7) is 2.86. The number of likely N-dealkylation sites (tertiary alicyclic amines) is 1. The van der Waals surface area contributed by atoms with Gasteiger partial charge in [-0.3, -0.25) is 0 Å². The molecule has 2 aliphatic rings. The van der Waals surface area contributed by atoms with Crippen molar-refractivity contribution in [1.82, 2.24) is 4.90 Å². The van der Waals surface area contributed by atoms with Crippen molar-refractivity contribution in [3.63, 3.8) is 0 Å². The van der Waals surface area contributed by atoms with Gasteiger partial charge in [-0.2, -0.15) is 0 Å². The monoisotopic (exact) mass is 434 g/mol. The second kappa shape index (κ2) is 7.87. The van der Waals surface area contributed by atoms with Crippen molar-refractivity contribution in [3.05, 3.63) is 63.9 Å². The lowest BCUT2D eigenvalue weighted by molar-refractivity contribution is 0.0204. The summed E-state index contributed by atoms with van der Waals surface area (Å²) in [6.07, 6.45) is 1.05. The van der Waals surface area contributed by atoms with Gasteiger partial charge in [0.1, 0.15) is 11.9 Å². The zero-order valence-electron chi connectivity index (χ0n) is 15.1. The first-order chi connectivity index (χ1) is 13.0. The van der Waals surface area contributed by atoms with Gasteiger partial charge in [-0.05, 0) is 49.1 Å². The Bertz CT molecular complexity index is 793. The molecule has 6 heteroatoms. The van der Waals surface area contributed by atoms with E-state index in [2.05, 4.69) is 20.8 Å². The molecule has 4 rings (SSSR count). The third-order valence-electron chi connectivity index (χ3n) is 5.74. The molecule has 2 unspecified atom stereocenters. The SMILES string of the molecule is OC1c2ccc(Br)cc2N(C2CCN(CCc3ccc(F)cc3)CC2)C1O. The number of fused-ring (bicyclic) bond motifs is 1. The van der Waals surface area contributed by atoms with Gasteiger partial charge in [0, 0.05) is 41.4 Å². The summed E-state index contributed by atoms with van der Waals surface area (Å²) in [5.41, 5.74) is 2.87. The van der Waals surface area contributed by atoms with E-state index >= 15 is 0 Å². The molecule has 0 bridgehead atoms. The number of rotatable bonds is 4. The summed E-state index contributed by atoms with van der Waals surface area (Å²) in [5, 5.41) is 21.0. The molecule has 0 aliphatic carbocycles. The number of piperidine rings is 1. The maximum absolute atomic E-state index is 13.0. The summed E-state index contributed by atoms with van der Waals surface area (Å²) in [6, 6.07) is 12.7. The number of anilines is 1. The van der Waals surface area contributed by atoms with Crippen LogP contribution in [0.3, 0.4) is 0 Å². The van der Waals surface area contributed by atoms with Crippen molar-refractivity contribution in [1.29, 1.82) is 0 Å². The largest absolute Gasteiger partial charge is 0.384 e. The molecule has 1 saturated heterocycles. The fourth-order valence-corrected chi connectivity index (χ4v) is 4.57. The highest BCUT2D eigenvalue weighted by atomic mass is 79.9. The van der Waals surface area contributed by atoms with Crippen molar-refractivity contribution in [2.45, 2.75) is 37.6 Å². The second-order valence-corrected chi connectivity index (χ2v) is 8.33. The minimum absolute atomic E-state index is 0.196. The van der Waals surface area contributed by atoms with Crippen LogP contribution in [0.4, 0.5) is 10.1 Å². The molecule has 2 N–H and O–H groups in total. The van der Waals surface area contributed by atoms with Crippen molar-refractivity contribution >= 4 is 21.6 Å². The summed E-state index contributed by atoms with van der Waals surface area (Å²) >= 11 is 3.49. The van der Waals surface area contributed by atoms with Crippen LogP contribution in [-0.2, 0) is 6.42 Å². The molecule has 2 heterocycles. The summed E-state index contributed by atoms with van der Waals surface area (Å²) < 4.78 is 14.0. The molecule has 2 atom stereocenters. The molecule has 2 aliphatic heterocycles. The summed E-state index contributed by atoms with van der Waals surface area (Å²) in [7, 11) is 0. The van der Waals surface area contributed by atoms with Crippen LogP contribution < -0.4 is 4.90 Å². The Hall–Kier alpha value is -1.47. The molecule has 2 aromatic carbocycles. The topological polar surface area (TPSA) is 46.9 Å². The van der Waals surface area contributed by atoms with Crippen molar-refractivity contribution in [2.75, 3.05) is 24.5 Å². The molecule has 1 fully saturated rings. The van der Waals surface area contributed by atoms with Gasteiger partial charge in [-0.15, -0.1) is 0 Å². The maximum Gasteiger partial charge on any atom is 0.157 e. The molecule has 0 saturated carbocycles. The van der Waals surface area contributed by atoms with Gasteiger partial charge < -0.3 is 20.0 Å². The molecule has 0 radical (unpaired) electrons. The van der Waals surface area contributed by atoms with Gasteiger partial charge in [0.15, 0.2) is 6.23 Å². The van der Waals surface area contributed by atoms with Crippen LogP contribution in [0.1, 0.15) is 30.1 Å². The molecule has 0 aromatic heterocycles. The fraction of sp³-hybridized carbons (Fsp3) is 0.429. The van der Waals surface area contributed by atoms with E-state index in [1.807, 2.05) is 35.2 Å². The van der Waals surface area contributed by atoms with E-state index in [1.54, 1.807) is 0 Å². The van der Waals surface area contributed by atoms with Crippen LogP contribution >= 0.6 is 15.9 Å². The van der Waals surface area contributed by atoms with Crippen LogP contribution in [0.25, 0.3) is 0 Å². The molecular weight excluding hydrogens is 411 g/mol. The predicted octanol–water partition coefficient (Wildman–Crippen LogP) is 3.47. The van der Waals surface area contributed by atoms with Crippen molar-refractivity contribution in [3.8, 4) is 0 Å². The zero-order valence-corrected chi connectivity index (χ0v) is 16.6.